The Morgan fingerprint density at radius 2 is 2.26 bits per heavy atom. The normalized spacial score (nSPS) is 18.6. The summed E-state index contributed by atoms with van der Waals surface area (Å²) in [7, 11) is 0. The average molecular weight is 332 g/mol. The van der Waals surface area contributed by atoms with Crippen molar-refractivity contribution in [2.24, 2.45) is 0 Å². The highest BCUT2D eigenvalue weighted by atomic mass is 35.5. The van der Waals surface area contributed by atoms with Crippen LogP contribution in [-0.4, -0.2) is 45.9 Å². The van der Waals surface area contributed by atoms with E-state index in [0.717, 1.165) is 30.8 Å². The molecule has 1 amide bonds. The van der Waals surface area contributed by atoms with Gasteiger partial charge < -0.3 is 9.64 Å². The Kier molecular flexibility index (Phi) is 3.43. The molecule has 2 aliphatic rings. The molecule has 6 heteroatoms. The second-order valence-corrected chi connectivity index (χ2v) is 6.61. The number of nitrogens with zero attached hydrogens (tertiary/aromatic N) is 3. The molecule has 2 fully saturated rings. The highest BCUT2D eigenvalue weighted by molar-refractivity contribution is 6.30. The number of carbonyl (C=O) groups excluding carboxylic acids is 1. The maximum Gasteiger partial charge on any atom is 0.257 e. The van der Waals surface area contributed by atoms with Crippen molar-refractivity contribution in [2.45, 2.75) is 25.3 Å². The van der Waals surface area contributed by atoms with Crippen molar-refractivity contribution >= 4 is 17.5 Å². The van der Waals surface area contributed by atoms with E-state index in [-0.39, 0.29) is 11.4 Å². The number of hydrogen-bond acceptors (Lipinski definition) is 3. The van der Waals surface area contributed by atoms with Crippen LogP contribution in [0.5, 0.6) is 0 Å². The average Bonchev–Trinajstić information content (AvgIpc) is 2.88. The fourth-order valence-corrected chi connectivity index (χ4v) is 3.55. The molecule has 0 N–H and O–H groups in total. The number of rotatable bonds is 3. The van der Waals surface area contributed by atoms with E-state index in [1.165, 1.54) is 0 Å². The quantitative estimate of drug-likeness (QED) is 0.868. The predicted molar refractivity (Wildman–Crippen MR) is 87.2 cm³/mol. The number of ether oxygens (including phenoxy) is 1. The van der Waals surface area contributed by atoms with Gasteiger partial charge in [-0.2, -0.15) is 5.10 Å². The monoisotopic (exact) mass is 331 g/mol. The lowest BCUT2D eigenvalue weighted by molar-refractivity contribution is -0.172. The van der Waals surface area contributed by atoms with Crippen molar-refractivity contribution in [3.05, 3.63) is 46.7 Å². The molecule has 3 heterocycles. The van der Waals surface area contributed by atoms with E-state index >= 15 is 0 Å². The highest BCUT2D eigenvalue weighted by Crippen LogP contribution is 2.38. The zero-order chi connectivity index (χ0) is 16.0. The molecule has 2 aromatic rings. The zero-order valence-electron chi connectivity index (χ0n) is 13.0. The number of halogens is 1. The van der Waals surface area contributed by atoms with E-state index in [1.807, 2.05) is 40.8 Å². The third kappa shape index (κ3) is 2.18. The molecule has 2 aliphatic heterocycles. The Morgan fingerprint density at radius 1 is 1.43 bits per heavy atom. The van der Waals surface area contributed by atoms with Gasteiger partial charge in [0.2, 0.25) is 0 Å². The smallest absolute Gasteiger partial charge is 0.257 e. The molecular weight excluding hydrogens is 314 g/mol. The molecule has 4 rings (SSSR count). The van der Waals surface area contributed by atoms with Crippen molar-refractivity contribution in [1.29, 1.82) is 0 Å². The van der Waals surface area contributed by atoms with Gasteiger partial charge in [0.1, 0.15) is 0 Å². The Morgan fingerprint density at radius 3 is 2.83 bits per heavy atom. The van der Waals surface area contributed by atoms with Crippen LogP contribution in [0.3, 0.4) is 0 Å². The summed E-state index contributed by atoms with van der Waals surface area (Å²) in [5.41, 5.74) is 2.41. The maximum atomic E-state index is 12.9. The van der Waals surface area contributed by atoms with Gasteiger partial charge in [0.05, 0.1) is 41.9 Å². The zero-order valence-corrected chi connectivity index (χ0v) is 13.7. The fourth-order valence-electron chi connectivity index (χ4n) is 3.36. The van der Waals surface area contributed by atoms with Crippen LogP contribution in [0.4, 0.5) is 0 Å². The summed E-state index contributed by atoms with van der Waals surface area (Å²) in [4.78, 5) is 14.9. The highest BCUT2D eigenvalue weighted by Gasteiger charge is 2.53. The van der Waals surface area contributed by atoms with E-state index in [4.69, 9.17) is 16.3 Å². The van der Waals surface area contributed by atoms with Gasteiger partial charge in [-0.05, 0) is 31.0 Å². The lowest BCUT2D eigenvalue weighted by Gasteiger charge is -2.57. The number of benzene rings is 1. The lowest BCUT2D eigenvalue weighted by atomic mass is 9.82. The van der Waals surface area contributed by atoms with Crippen molar-refractivity contribution in [3.8, 4) is 5.69 Å². The lowest BCUT2D eigenvalue weighted by Crippen LogP contribution is -2.72. The van der Waals surface area contributed by atoms with Gasteiger partial charge in [-0.15, -0.1) is 0 Å². The first-order valence-corrected chi connectivity index (χ1v) is 8.25. The topological polar surface area (TPSA) is 47.4 Å². The number of carbonyl (C=O) groups is 1. The van der Waals surface area contributed by atoms with Crippen LogP contribution in [0.2, 0.25) is 5.02 Å². The Hall–Kier alpha value is -1.85. The van der Waals surface area contributed by atoms with Crippen molar-refractivity contribution in [1.82, 2.24) is 14.7 Å². The van der Waals surface area contributed by atoms with Crippen LogP contribution in [0, 0.1) is 0 Å². The molecular formula is C17H18ClN3O2. The number of hydrogen-bond donors (Lipinski definition) is 0. The molecule has 0 saturated carbocycles. The van der Waals surface area contributed by atoms with Crippen molar-refractivity contribution in [2.75, 3.05) is 19.8 Å². The van der Waals surface area contributed by atoms with Gasteiger partial charge in [-0.3, -0.25) is 4.79 Å². The molecule has 1 aromatic heterocycles. The molecule has 0 atom stereocenters. The minimum absolute atomic E-state index is 0.0553. The Bertz CT molecular complexity index is 761. The molecule has 1 aromatic carbocycles. The van der Waals surface area contributed by atoms with Gasteiger partial charge in [0.15, 0.2) is 0 Å². The maximum absolute atomic E-state index is 12.9. The first-order valence-electron chi connectivity index (χ1n) is 7.87. The van der Waals surface area contributed by atoms with Crippen LogP contribution in [0.15, 0.2) is 30.5 Å². The molecule has 0 radical (unpaired) electrons. The van der Waals surface area contributed by atoms with Crippen LogP contribution in [0.1, 0.15) is 29.4 Å². The van der Waals surface area contributed by atoms with Crippen LogP contribution in [0.25, 0.3) is 5.69 Å². The van der Waals surface area contributed by atoms with Crippen LogP contribution in [-0.2, 0) is 11.2 Å². The molecule has 120 valence electrons. The first kappa shape index (κ1) is 14.7. The summed E-state index contributed by atoms with van der Waals surface area (Å²) in [6.45, 7) is 4.14. The van der Waals surface area contributed by atoms with Gasteiger partial charge in [-0.25, -0.2) is 4.68 Å². The van der Waals surface area contributed by atoms with E-state index in [2.05, 4.69) is 5.10 Å². The van der Waals surface area contributed by atoms with Gasteiger partial charge in [0, 0.05) is 11.6 Å². The number of likely N-dealkylation sites (tertiary alicyclic amines) is 1. The van der Waals surface area contributed by atoms with E-state index in [1.54, 1.807) is 6.20 Å². The second kappa shape index (κ2) is 5.35. The van der Waals surface area contributed by atoms with Gasteiger partial charge in [-0.1, -0.05) is 24.6 Å². The molecule has 5 nitrogen and oxygen atoms in total. The standard InChI is InChI=1S/C17H18ClN3O2/c1-2-15-14(16(22)20-7-6-17(20)10-23-11-17)9-19-21(15)13-5-3-4-12(18)8-13/h3-5,8-9H,2,6-7,10-11H2,1H3. The third-order valence-electron chi connectivity index (χ3n) is 4.85. The largest absolute Gasteiger partial charge is 0.376 e. The third-order valence-corrected chi connectivity index (χ3v) is 5.08. The second-order valence-electron chi connectivity index (χ2n) is 6.17. The first-order chi connectivity index (χ1) is 11.1. The summed E-state index contributed by atoms with van der Waals surface area (Å²) in [5.74, 6) is 0.0599. The van der Waals surface area contributed by atoms with E-state index < -0.39 is 0 Å². The number of amides is 1. The minimum atomic E-state index is -0.0553. The molecule has 0 aliphatic carbocycles. The summed E-state index contributed by atoms with van der Waals surface area (Å²) >= 11 is 6.08. The van der Waals surface area contributed by atoms with Gasteiger partial charge in [0.25, 0.3) is 5.91 Å². The molecule has 0 unspecified atom stereocenters. The van der Waals surface area contributed by atoms with E-state index in [0.29, 0.717) is 23.8 Å². The van der Waals surface area contributed by atoms with Crippen LogP contribution < -0.4 is 0 Å². The predicted octanol–water partition coefficient (Wildman–Crippen LogP) is 2.70. The molecule has 0 bridgehead atoms. The van der Waals surface area contributed by atoms with E-state index in [9.17, 15) is 4.79 Å². The summed E-state index contributed by atoms with van der Waals surface area (Å²) in [6.07, 6.45) is 3.43. The summed E-state index contributed by atoms with van der Waals surface area (Å²) < 4.78 is 7.12. The Balaban J connectivity index is 1.69. The summed E-state index contributed by atoms with van der Waals surface area (Å²) in [5, 5.41) is 5.09. The molecule has 23 heavy (non-hydrogen) atoms. The fraction of sp³-hybridized carbons (Fsp3) is 0.412. The minimum Gasteiger partial charge on any atom is -0.376 e. The van der Waals surface area contributed by atoms with Crippen molar-refractivity contribution < 1.29 is 9.53 Å². The van der Waals surface area contributed by atoms with Crippen LogP contribution >= 0.6 is 11.6 Å². The Labute approximate surface area is 139 Å². The summed E-state index contributed by atoms with van der Waals surface area (Å²) in [6, 6.07) is 7.51. The van der Waals surface area contributed by atoms with Gasteiger partial charge >= 0.3 is 0 Å². The number of aromatic nitrogens is 2. The molecule has 1 spiro atoms. The SMILES string of the molecule is CCc1c(C(=O)N2CCC23COC3)cnn1-c1cccc(Cl)c1. The molecule has 2 saturated heterocycles. The van der Waals surface area contributed by atoms with Crippen molar-refractivity contribution in [3.63, 3.8) is 0 Å².